The Kier molecular flexibility index (Phi) is 7.00. The second kappa shape index (κ2) is 8.50. The van der Waals surface area contributed by atoms with Gasteiger partial charge >= 0.3 is 11.9 Å². The van der Waals surface area contributed by atoms with Crippen molar-refractivity contribution in [3.8, 4) is 0 Å². The fraction of sp³-hybridized carbons (Fsp3) is 0.667. The molecule has 9 heteroatoms. The SMILES string of the molecule is CCOC(=O)CC[C@H](NC(=O)CN1CSCC1=O)C(=O)O. The Bertz CT molecular complexity index is 428. The number of aliphatic carboxylic acids is 1. The van der Waals surface area contributed by atoms with Crippen molar-refractivity contribution in [3.05, 3.63) is 0 Å². The van der Waals surface area contributed by atoms with Crippen LogP contribution in [-0.2, 0) is 23.9 Å². The molecule has 0 saturated carbocycles. The van der Waals surface area contributed by atoms with E-state index >= 15 is 0 Å². The van der Waals surface area contributed by atoms with Crippen LogP contribution in [0.1, 0.15) is 19.8 Å². The third-order valence-electron chi connectivity index (χ3n) is 2.74. The van der Waals surface area contributed by atoms with E-state index in [9.17, 15) is 19.2 Å². The predicted molar refractivity (Wildman–Crippen MR) is 74.5 cm³/mol. The van der Waals surface area contributed by atoms with Crippen LogP contribution in [0.2, 0.25) is 0 Å². The lowest BCUT2D eigenvalue weighted by Gasteiger charge is -2.18. The zero-order chi connectivity index (χ0) is 15.8. The Labute approximate surface area is 126 Å². The maximum atomic E-state index is 11.7. The average molecular weight is 318 g/mol. The molecule has 1 heterocycles. The molecule has 0 aliphatic carbocycles. The van der Waals surface area contributed by atoms with Crippen LogP contribution in [0, 0.1) is 0 Å². The van der Waals surface area contributed by atoms with Gasteiger partial charge in [0.2, 0.25) is 11.8 Å². The van der Waals surface area contributed by atoms with Gasteiger partial charge in [-0.25, -0.2) is 4.79 Å². The standard InChI is InChI=1S/C12H18N2O6S/c1-2-20-11(17)4-3-8(12(18)19)13-9(15)5-14-7-21-6-10(14)16/h8H,2-7H2,1H3,(H,13,15)(H,18,19)/t8-/m0/s1. The van der Waals surface area contributed by atoms with Gasteiger partial charge in [0.15, 0.2) is 0 Å². The summed E-state index contributed by atoms with van der Waals surface area (Å²) in [4.78, 5) is 46.7. The summed E-state index contributed by atoms with van der Waals surface area (Å²) in [6.45, 7) is 1.70. The van der Waals surface area contributed by atoms with E-state index in [1.807, 2.05) is 0 Å². The molecule has 1 rings (SSSR count). The number of rotatable bonds is 8. The van der Waals surface area contributed by atoms with E-state index in [0.29, 0.717) is 11.6 Å². The second-order valence-electron chi connectivity index (χ2n) is 4.37. The Hall–Kier alpha value is -1.77. The lowest BCUT2D eigenvalue weighted by molar-refractivity contribution is -0.145. The third kappa shape index (κ3) is 6.03. The molecule has 2 amide bonds. The Morgan fingerprint density at radius 2 is 2.19 bits per heavy atom. The van der Waals surface area contributed by atoms with Gasteiger partial charge in [-0.15, -0.1) is 11.8 Å². The number of ether oxygens (including phenoxy) is 1. The van der Waals surface area contributed by atoms with Crippen molar-refractivity contribution >= 4 is 35.5 Å². The normalized spacial score (nSPS) is 15.7. The van der Waals surface area contributed by atoms with Gasteiger partial charge in [0.1, 0.15) is 12.6 Å². The van der Waals surface area contributed by atoms with E-state index in [2.05, 4.69) is 5.32 Å². The summed E-state index contributed by atoms with van der Waals surface area (Å²) in [6, 6.07) is -1.17. The van der Waals surface area contributed by atoms with E-state index in [4.69, 9.17) is 9.84 Å². The predicted octanol–water partition coefficient (Wildman–Crippen LogP) is -0.568. The first-order valence-corrected chi connectivity index (χ1v) is 7.62. The number of carboxylic acids is 1. The summed E-state index contributed by atoms with van der Waals surface area (Å²) in [5.74, 6) is -1.68. The fourth-order valence-electron chi connectivity index (χ4n) is 1.71. The van der Waals surface area contributed by atoms with E-state index < -0.39 is 23.9 Å². The molecule has 1 aliphatic rings. The zero-order valence-electron chi connectivity index (χ0n) is 11.7. The number of nitrogens with one attached hydrogen (secondary N) is 1. The zero-order valence-corrected chi connectivity index (χ0v) is 12.5. The molecule has 0 aromatic heterocycles. The molecule has 1 fully saturated rings. The Balaban J connectivity index is 2.42. The molecule has 1 aliphatic heterocycles. The van der Waals surface area contributed by atoms with Gasteiger partial charge in [-0.2, -0.15) is 0 Å². The summed E-state index contributed by atoms with van der Waals surface area (Å²) in [5, 5.41) is 11.3. The molecule has 0 radical (unpaired) electrons. The number of esters is 1. The maximum Gasteiger partial charge on any atom is 0.326 e. The first kappa shape index (κ1) is 17.3. The molecule has 8 nitrogen and oxygen atoms in total. The lowest BCUT2D eigenvalue weighted by atomic mass is 10.1. The van der Waals surface area contributed by atoms with E-state index in [0.717, 1.165) is 0 Å². The minimum Gasteiger partial charge on any atom is -0.480 e. The number of nitrogens with zero attached hydrogens (tertiary/aromatic N) is 1. The van der Waals surface area contributed by atoms with Gasteiger partial charge in [0, 0.05) is 6.42 Å². The van der Waals surface area contributed by atoms with E-state index in [1.165, 1.54) is 16.7 Å². The highest BCUT2D eigenvalue weighted by molar-refractivity contribution is 8.00. The quantitative estimate of drug-likeness (QED) is 0.576. The van der Waals surface area contributed by atoms with Crippen LogP contribution in [0.15, 0.2) is 0 Å². The van der Waals surface area contributed by atoms with Crippen LogP contribution < -0.4 is 5.32 Å². The molecular weight excluding hydrogens is 300 g/mol. The third-order valence-corrected chi connectivity index (χ3v) is 3.68. The van der Waals surface area contributed by atoms with Gasteiger partial charge in [-0.1, -0.05) is 0 Å². The number of amides is 2. The highest BCUT2D eigenvalue weighted by Gasteiger charge is 2.26. The van der Waals surface area contributed by atoms with Crippen LogP contribution in [0.4, 0.5) is 0 Å². The van der Waals surface area contributed by atoms with Crippen molar-refractivity contribution in [2.75, 3.05) is 24.8 Å². The maximum absolute atomic E-state index is 11.7. The van der Waals surface area contributed by atoms with E-state index in [1.54, 1.807) is 6.92 Å². The van der Waals surface area contributed by atoms with Gasteiger partial charge in [-0.05, 0) is 13.3 Å². The first-order chi connectivity index (χ1) is 9.93. The average Bonchev–Trinajstić information content (AvgIpc) is 2.80. The lowest BCUT2D eigenvalue weighted by Crippen LogP contribution is -2.46. The molecule has 0 bridgehead atoms. The number of carbonyl (C=O) groups excluding carboxylic acids is 3. The molecular formula is C12H18N2O6S. The van der Waals surface area contributed by atoms with Crippen molar-refractivity contribution in [1.29, 1.82) is 0 Å². The summed E-state index contributed by atoms with van der Waals surface area (Å²) < 4.78 is 4.70. The van der Waals surface area contributed by atoms with Gasteiger partial charge in [-0.3, -0.25) is 14.4 Å². The summed E-state index contributed by atoms with van der Waals surface area (Å²) in [7, 11) is 0. The molecule has 118 valence electrons. The van der Waals surface area contributed by atoms with Crippen molar-refractivity contribution in [1.82, 2.24) is 10.2 Å². The van der Waals surface area contributed by atoms with Crippen LogP contribution in [0.5, 0.6) is 0 Å². The van der Waals surface area contributed by atoms with Crippen molar-refractivity contribution in [3.63, 3.8) is 0 Å². The molecule has 0 spiro atoms. The summed E-state index contributed by atoms with van der Waals surface area (Å²) in [6.07, 6.45) is -0.147. The van der Waals surface area contributed by atoms with Crippen molar-refractivity contribution < 1.29 is 29.0 Å². The van der Waals surface area contributed by atoms with Crippen LogP contribution in [-0.4, -0.2) is 64.6 Å². The van der Waals surface area contributed by atoms with Crippen LogP contribution in [0.25, 0.3) is 0 Å². The number of carbonyl (C=O) groups is 4. The monoisotopic (exact) mass is 318 g/mol. The number of hydrogen-bond donors (Lipinski definition) is 2. The minimum atomic E-state index is -1.23. The number of thioether (sulfide) groups is 1. The van der Waals surface area contributed by atoms with Gasteiger partial charge < -0.3 is 20.1 Å². The number of hydrogen-bond acceptors (Lipinski definition) is 6. The molecule has 1 saturated heterocycles. The molecule has 0 unspecified atom stereocenters. The minimum absolute atomic E-state index is 0.0530. The Morgan fingerprint density at radius 1 is 1.48 bits per heavy atom. The van der Waals surface area contributed by atoms with Crippen molar-refractivity contribution in [2.45, 2.75) is 25.8 Å². The second-order valence-corrected chi connectivity index (χ2v) is 5.33. The van der Waals surface area contributed by atoms with Gasteiger partial charge in [0.05, 0.1) is 18.2 Å². The van der Waals surface area contributed by atoms with Gasteiger partial charge in [0.25, 0.3) is 0 Å². The molecule has 21 heavy (non-hydrogen) atoms. The summed E-state index contributed by atoms with van der Waals surface area (Å²) >= 11 is 1.40. The fourth-order valence-corrected chi connectivity index (χ4v) is 2.61. The van der Waals surface area contributed by atoms with Crippen LogP contribution >= 0.6 is 11.8 Å². The Morgan fingerprint density at radius 3 is 2.71 bits per heavy atom. The highest BCUT2D eigenvalue weighted by atomic mass is 32.2. The smallest absolute Gasteiger partial charge is 0.326 e. The molecule has 2 N–H and O–H groups in total. The summed E-state index contributed by atoms with van der Waals surface area (Å²) in [5.41, 5.74) is 0. The van der Waals surface area contributed by atoms with E-state index in [-0.39, 0.29) is 31.9 Å². The molecule has 1 atom stereocenters. The first-order valence-electron chi connectivity index (χ1n) is 6.47. The topological polar surface area (TPSA) is 113 Å². The highest BCUT2D eigenvalue weighted by Crippen LogP contribution is 2.14. The molecule has 0 aromatic rings. The largest absolute Gasteiger partial charge is 0.480 e. The van der Waals surface area contributed by atoms with Crippen molar-refractivity contribution in [2.24, 2.45) is 0 Å². The number of carboxylic acid groups (broad SMARTS) is 1. The molecule has 0 aromatic carbocycles. The van der Waals surface area contributed by atoms with Crippen LogP contribution in [0.3, 0.4) is 0 Å².